The van der Waals surface area contributed by atoms with Crippen LogP contribution < -0.4 is 0 Å². The Kier molecular flexibility index (Phi) is 6.53. The van der Waals surface area contributed by atoms with Gasteiger partial charge in [0.05, 0.1) is 17.4 Å². The van der Waals surface area contributed by atoms with Gasteiger partial charge in [-0.05, 0) is 13.8 Å². The number of ether oxygens (including phenoxy) is 4. The summed E-state index contributed by atoms with van der Waals surface area (Å²) in [6, 6.07) is 2.22. The van der Waals surface area contributed by atoms with Gasteiger partial charge in [-0.15, -0.1) is 0 Å². The zero-order valence-electron chi connectivity index (χ0n) is 10.8. The van der Waals surface area contributed by atoms with Crippen molar-refractivity contribution in [2.75, 3.05) is 28.4 Å². The molecule has 5 nitrogen and oxygen atoms in total. The highest BCUT2D eigenvalue weighted by atomic mass is 16.7. The van der Waals surface area contributed by atoms with Crippen LogP contribution >= 0.6 is 0 Å². The van der Waals surface area contributed by atoms with E-state index in [9.17, 15) is 5.26 Å². The third-order valence-corrected chi connectivity index (χ3v) is 2.64. The van der Waals surface area contributed by atoms with Crippen LogP contribution in [0.4, 0.5) is 0 Å². The fraction of sp³-hybridized carbons (Fsp3) is 0.909. The Morgan fingerprint density at radius 3 is 1.38 bits per heavy atom. The van der Waals surface area contributed by atoms with Gasteiger partial charge < -0.3 is 18.9 Å². The first kappa shape index (κ1) is 15.3. The molecule has 5 heteroatoms. The van der Waals surface area contributed by atoms with Crippen molar-refractivity contribution in [1.82, 2.24) is 0 Å². The first-order valence-electron chi connectivity index (χ1n) is 5.00. The van der Waals surface area contributed by atoms with Crippen LogP contribution in [0.2, 0.25) is 0 Å². The maximum absolute atomic E-state index is 9.17. The van der Waals surface area contributed by atoms with Crippen molar-refractivity contribution >= 4 is 0 Å². The van der Waals surface area contributed by atoms with E-state index in [1.807, 2.05) is 0 Å². The van der Waals surface area contributed by atoms with Crippen LogP contribution in [0.15, 0.2) is 0 Å². The fourth-order valence-corrected chi connectivity index (χ4v) is 1.66. The van der Waals surface area contributed by atoms with E-state index in [1.165, 1.54) is 28.4 Å². The summed E-state index contributed by atoms with van der Waals surface area (Å²) in [6.07, 6.45) is -1.11. The highest BCUT2D eigenvalue weighted by Gasteiger charge is 2.43. The number of nitriles is 1. The van der Waals surface area contributed by atoms with Gasteiger partial charge in [0.15, 0.2) is 12.6 Å². The number of nitrogens with zero attached hydrogens (tertiary/aromatic N) is 1. The summed E-state index contributed by atoms with van der Waals surface area (Å²) in [4.78, 5) is 0. The molecule has 0 fully saturated rings. The lowest BCUT2D eigenvalue weighted by atomic mass is 9.79. The molecule has 0 aromatic carbocycles. The molecule has 0 radical (unpaired) electrons. The van der Waals surface area contributed by atoms with E-state index in [1.54, 1.807) is 13.8 Å². The molecule has 0 unspecified atom stereocenters. The zero-order valence-corrected chi connectivity index (χ0v) is 10.8. The van der Waals surface area contributed by atoms with E-state index in [4.69, 9.17) is 18.9 Å². The first-order valence-corrected chi connectivity index (χ1v) is 5.00. The van der Waals surface area contributed by atoms with Gasteiger partial charge in [-0.2, -0.15) is 5.26 Å². The molecule has 0 aromatic heterocycles. The van der Waals surface area contributed by atoms with Gasteiger partial charge in [0.1, 0.15) is 0 Å². The molecular formula is C11H21NO4. The van der Waals surface area contributed by atoms with Gasteiger partial charge in [0.2, 0.25) is 0 Å². The number of hydrogen-bond donors (Lipinski definition) is 0. The molecule has 0 rings (SSSR count). The molecule has 0 aliphatic rings. The first-order chi connectivity index (χ1) is 7.48. The van der Waals surface area contributed by atoms with E-state index in [0.717, 1.165) is 0 Å². The van der Waals surface area contributed by atoms with E-state index >= 15 is 0 Å². The van der Waals surface area contributed by atoms with Gasteiger partial charge in [0.25, 0.3) is 0 Å². The largest absolute Gasteiger partial charge is 0.355 e. The third kappa shape index (κ3) is 3.42. The Morgan fingerprint density at radius 2 is 1.19 bits per heavy atom. The van der Waals surface area contributed by atoms with E-state index in [2.05, 4.69) is 6.07 Å². The molecule has 0 aromatic rings. The molecule has 0 aliphatic carbocycles. The predicted molar refractivity (Wildman–Crippen MR) is 58.5 cm³/mol. The molecule has 0 spiro atoms. The Morgan fingerprint density at radius 1 is 0.875 bits per heavy atom. The van der Waals surface area contributed by atoms with Gasteiger partial charge in [-0.25, -0.2) is 0 Å². The van der Waals surface area contributed by atoms with Crippen LogP contribution in [0.3, 0.4) is 0 Å². The number of rotatable bonds is 7. The molecule has 0 amide bonds. The molecule has 0 bridgehead atoms. The Bertz CT molecular complexity index is 217. The highest BCUT2D eigenvalue weighted by molar-refractivity contribution is 4.99. The zero-order chi connectivity index (χ0) is 12.8. The summed E-state index contributed by atoms with van der Waals surface area (Å²) in [5.41, 5.74) is -0.687. The van der Waals surface area contributed by atoms with Crippen molar-refractivity contribution in [2.45, 2.75) is 26.4 Å². The lowest BCUT2D eigenvalue weighted by Crippen LogP contribution is -2.45. The minimum absolute atomic E-state index is 0.345. The molecule has 0 aliphatic heterocycles. The van der Waals surface area contributed by atoms with E-state index in [-0.39, 0.29) is 5.92 Å². The van der Waals surface area contributed by atoms with Crippen LogP contribution in [0, 0.1) is 22.7 Å². The summed E-state index contributed by atoms with van der Waals surface area (Å²) in [5.74, 6) is -0.345. The Labute approximate surface area is 97.2 Å². The molecular weight excluding hydrogens is 210 g/mol. The number of hydrogen-bond acceptors (Lipinski definition) is 5. The predicted octanol–water partition coefficient (Wildman–Crippen LogP) is 1.39. The standard InChI is InChI=1S/C11H21NO4/c1-11(2,7-12)8(9(13-3)14-4)10(15-5)16-6/h8-10H,1-6H3. The van der Waals surface area contributed by atoms with Crippen molar-refractivity contribution in [3.8, 4) is 6.07 Å². The van der Waals surface area contributed by atoms with Gasteiger partial charge >= 0.3 is 0 Å². The number of methoxy groups -OCH3 is 4. The van der Waals surface area contributed by atoms with Crippen LogP contribution in [-0.4, -0.2) is 41.0 Å². The maximum atomic E-state index is 9.17. The molecule has 0 heterocycles. The Balaban J connectivity index is 5.11. The Hall–Kier alpha value is -0.670. The van der Waals surface area contributed by atoms with Crippen molar-refractivity contribution in [3.63, 3.8) is 0 Å². The molecule has 94 valence electrons. The average molecular weight is 231 g/mol. The maximum Gasteiger partial charge on any atom is 0.165 e. The van der Waals surface area contributed by atoms with Crippen LogP contribution in [0.25, 0.3) is 0 Å². The minimum atomic E-state index is -0.687. The second-order valence-corrected chi connectivity index (χ2v) is 4.04. The van der Waals surface area contributed by atoms with E-state index < -0.39 is 18.0 Å². The van der Waals surface area contributed by atoms with Gasteiger partial charge in [-0.1, -0.05) is 0 Å². The quantitative estimate of drug-likeness (QED) is 0.620. The average Bonchev–Trinajstić information content (AvgIpc) is 2.29. The second kappa shape index (κ2) is 6.81. The van der Waals surface area contributed by atoms with Crippen molar-refractivity contribution in [3.05, 3.63) is 0 Å². The van der Waals surface area contributed by atoms with Crippen molar-refractivity contribution in [2.24, 2.45) is 11.3 Å². The summed E-state index contributed by atoms with van der Waals surface area (Å²) < 4.78 is 20.8. The molecule has 0 saturated carbocycles. The lowest BCUT2D eigenvalue weighted by Gasteiger charge is -2.37. The third-order valence-electron chi connectivity index (χ3n) is 2.64. The highest BCUT2D eigenvalue weighted by Crippen LogP contribution is 2.34. The molecule has 0 saturated heterocycles. The summed E-state index contributed by atoms with van der Waals surface area (Å²) in [5, 5.41) is 9.17. The van der Waals surface area contributed by atoms with Crippen molar-refractivity contribution in [1.29, 1.82) is 5.26 Å². The summed E-state index contributed by atoms with van der Waals surface area (Å²) in [6.45, 7) is 3.60. The summed E-state index contributed by atoms with van der Waals surface area (Å²) >= 11 is 0. The topological polar surface area (TPSA) is 60.7 Å². The second-order valence-electron chi connectivity index (χ2n) is 4.04. The van der Waals surface area contributed by atoms with Gasteiger partial charge in [0, 0.05) is 28.4 Å². The normalized spacial score (nSPS) is 12.5. The SMILES string of the molecule is COC(OC)C(C(OC)OC)C(C)(C)C#N. The fourth-order valence-electron chi connectivity index (χ4n) is 1.66. The monoisotopic (exact) mass is 231 g/mol. The lowest BCUT2D eigenvalue weighted by molar-refractivity contribution is -0.241. The minimum Gasteiger partial charge on any atom is -0.355 e. The molecule has 0 atom stereocenters. The van der Waals surface area contributed by atoms with E-state index in [0.29, 0.717) is 0 Å². The molecule has 0 N–H and O–H groups in total. The van der Waals surface area contributed by atoms with Crippen LogP contribution in [0.1, 0.15) is 13.8 Å². The van der Waals surface area contributed by atoms with Crippen LogP contribution in [-0.2, 0) is 18.9 Å². The van der Waals surface area contributed by atoms with Crippen molar-refractivity contribution < 1.29 is 18.9 Å². The van der Waals surface area contributed by atoms with Crippen LogP contribution in [0.5, 0.6) is 0 Å². The smallest absolute Gasteiger partial charge is 0.165 e. The molecule has 16 heavy (non-hydrogen) atoms. The summed E-state index contributed by atoms with van der Waals surface area (Å²) in [7, 11) is 6.10. The van der Waals surface area contributed by atoms with Gasteiger partial charge in [-0.3, -0.25) is 0 Å².